The smallest absolute Gasteiger partial charge is 0.264 e. The molecule has 0 aliphatic rings. The third kappa shape index (κ3) is 9.44. The van der Waals surface area contributed by atoms with Gasteiger partial charge in [-0.2, -0.15) is 0 Å². The summed E-state index contributed by atoms with van der Waals surface area (Å²) in [6.45, 7) is 2.89. The van der Waals surface area contributed by atoms with Crippen molar-refractivity contribution in [3.8, 4) is 11.5 Å². The average Bonchev–Trinajstić information content (AvgIpc) is 3.09. The molecule has 1 N–H and O–H groups in total. The molecule has 9 nitrogen and oxygen atoms in total. The van der Waals surface area contributed by atoms with Crippen molar-refractivity contribution in [3.63, 3.8) is 0 Å². The van der Waals surface area contributed by atoms with E-state index >= 15 is 0 Å². The number of amides is 2. The molecule has 0 heterocycles. The highest BCUT2D eigenvalue weighted by Gasteiger charge is 2.35. The van der Waals surface area contributed by atoms with Crippen LogP contribution in [0, 0.1) is 5.82 Å². The first kappa shape index (κ1) is 37.5. The normalized spacial score (nSPS) is 12.5. The molecule has 0 spiro atoms. The van der Waals surface area contributed by atoms with E-state index in [0.717, 1.165) is 22.0 Å². The summed E-state index contributed by atoms with van der Waals surface area (Å²) in [5, 5.41) is 3.62. The number of nitrogens with one attached hydrogen (secondary N) is 1. The van der Waals surface area contributed by atoms with Crippen LogP contribution in [0.2, 0.25) is 10.0 Å². The standard InChI is InChI=1S/C36H38Cl2FN3O6S/c1-5-24(2)40-36(44)32(19-25-9-7-6-8-10-25)41(22-26-11-12-27(37)20-31(26)38)35(43)23-42(29-15-13-28(39)14-16-29)49(45,46)30-17-18-33(47-3)34(21-30)48-4/h6-18,20-21,24,32H,5,19,22-23H2,1-4H3,(H,40,44). The number of hydrogen-bond acceptors (Lipinski definition) is 6. The summed E-state index contributed by atoms with van der Waals surface area (Å²) in [4.78, 5) is 29.7. The zero-order valence-corrected chi connectivity index (χ0v) is 29.9. The minimum Gasteiger partial charge on any atom is -0.493 e. The van der Waals surface area contributed by atoms with Crippen molar-refractivity contribution in [1.82, 2.24) is 10.2 Å². The van der Waals surface area contributed by atoms with Gasteiger partial charge in [-0.3, -0.25) is 13.9 Å². The predicted octanol–water partition coefficient (Wildman–Crippen LogP) is 6.90. The summed E-state index contributed by atoms with van der Waals surface area (Å²) < 4.78 is 54.2. The Kier molecular flexibility index (Phi) is 12.9. The molecular weight excluding hydrogens is 692 g/mol. The van der Waals surface area contributed by atoms with Crippen LogP contribution in [0.1, 0.15) is 31.4 Å². The minimum absolute atomic E-state index is 0.0256. The van der Waals surface area contributed by atoms with Crippen LogP contribution < -0.4 is 19.1 Å². The Morgan fingerprint density at radius 1 is 0.898 bits per heavy atom. The number of hydrogen-bond donors (Lipinski definition) is 1. The Hall–Kier alpha value is -4.32. The van der Waals surface area contributed by atoms with Crippen LogP contribution in [-0.4, -0.2) is 58.0 Å². The second-order valence-electron chi connectivity index (χ2n) is 11.3. The molecule has 13 heteroatoms. The maximum absolute atomic E-state index is 14.6. The first-order valence-electron chi connectivity index (χ1n) is 15.5. The average molecular weight is 731 g/mol. The first-order valence-corrected chi connectivity index (χ1v) is 17.7. The zero-order chi connectivity index (χ0) is 35.7. The molecule has 260 valence electrons. The van der Waals surface area contributed by atoms with Crippen molar-refractivity contribution in [3.05, 3.63) is 118 Å². The van der Waals surface area contributed by atoms with Crippen molar-refractivity contribution in [2.75, 3.05) is 25.1 Å². The van der Waals surface area contributed by atoms with Gasteiger partial charge in [0.05, 0.1) is 24.8 Å². The molecule has 0 fully saturated rings. The Morgan fingerprint density at radius 3 is 2.18 bits per heavy atom. The number of carbonyl (C=O) groups excluding carboxylic acids is 2. The van der Waals surface area contributed by atoms with Crippen LogP contribution in [0.25, 0.3) is 0 Å². The molecule has 0 aliphatic carbocycles. The fourth-order valence-corrected chi connectivity index (χ4v) is 6.97. The quantitative estimate of drug-likeness (QED) is 0.143. The molecule has 2 amide bonds. The van der Waals surface area contributed by atoms with Gasteiger partial charge in [0.25, 0.3) is 10.0 Å². The lowest BCUT2D eigenvalue weighted by atomic mass is 10.0. The fourth-order valence-electron chi connectivity index (χ4n) is 5.07. The lowest BCUT2D eigenvalue weighted by Gasteiger charge is -2.34. The molecule has 0 aromatic heterocycles. The number of halogens is 3. The number of benzene rings is 4. The Balaban J connectivity index is 1.85. The highest BCUT2D eigenvalue weighted by molar-refractivity contribution is 7.92. The van der Waals surface area contributed by atoms with E-state index in [9.17, 15) is 22.4 Å². The third-order valence-corrected chi connectivity index (χ3v) is 10.3. The molecule has 0 radical (unpaired) electrons. The number of ether oxygens (including phenoxy) is 2. The van der Waals surface area contributed by atoms with Gasteiger partial charge in [0.1, 0.15) is 18.4 Å². The van der Waals surface area contributed by atoms with Crippen LogP contribution >= 0.6 is 23.2 Å². The summed E-state index contributed by atoms with van der Waals surface area (Å²) in [5.74, 6) is -1.28. The van der Waals surface area contributed by atoms with E-state index in [1.165, 1.54) is 55.5 Å². The Labute approximate surface area is 296 Å². The SMILES string of the molecule is CCC(C)NC(=O)C(Cc1ccccc1)N(Cc1ccc(Cl)cc1Cl)C(=O)CN(c1ccc(F)cc1)S(=O)(=O)c1ccc(OC)c(OC)c1. The van der Waals surface area contributed by atoms with Crippen LogP contribution in [0.15, 0.2) is 95.9 Å². The van der Waals surface area contributed by atoms with Crippen LogP contribution in [0.5, 0.6) is 11.5 Å². The monoisotopic (exact) mass is 729 g/mol. The van der Waals surface area contributed by atoms with Crippen LogP contribution in [-0.2, 0) is 32.6 Å². The van der Waals surface area contributed by atoms with E-state index in [4.69, 9.17) is 32.7 Å². The molecule has 0 saturated heterocycles. The van der Waals surface area contributed by atoms with Gasteiger partial charge in [-0.05, 0) is 73.0 Å². The predicted molar refractivity (Wildman–Crippen MR) is 189 cm³/mol. The van der Waals surface area contributed by atoms with Crippen LogP contribution in [0.3, 0.4) is 0 Å². The van der Waals surface area contributed by atoms with E-state index in [1.807, 2.05) is 44.2 Å². The number of anilines is 1. The van der Waals surface area contributed by atoms with E-state index in [1.54, 1.807) is 12.1 Å². The molecule has 2 atom stereocenters. The minimum atomic E-state index is -4.48. The van der Waals surface area contributed by atoms with E-state index in [0.29, 0.717) is 22.8 Å². The van der Waals surface area contributed by atoms with Crippen molar-refractivity contribution in [2.24, 2.45) is 0 Å². The van der Waals surface area contributed by atoms with Gasteiger partial charge < -0.3 is 19.7 Å². The van der Waals surface area contributed by atoms with Gasteiger partial charge in [-0.25, -0.2) is 12.8 Å². The molecule has 2 unspecified atom stereocenters. The summed E-state index contributed by atoms with van der Waals surface area (Å²) in [6.07, 6.45) is 0.766. The summed E-state index contributed by atoms with van der Waals surface area (Å²) in [5.41, 5.74) is 1.29. The van der Waals surface area contributed by atoms with Gasteiger partial charge in [0.2, 0.25) is 11.8 Å². The number of rotatable bonds is 15. The van der Waals surface area contributed by atoms with Gasteiger partial charge in [0.15, 0.2) is 11.5 Å². The topological polar surface area (TPSA) is 105 Å². The summed E-state index contributed by atoms with van der Waals surface area (Å²) in [7, 11) is -1.70. The number of sulfonamides is 1. The van der Waals surface area contributed by atoms with Gasteiger partial charge >= 0.3 is 0 Å². The molecule has 4 aromatic rings. The highest BCUT2D eigenvalue weighted by Crippen LogP contribution is 2.33. The van der Waals surface area contributed by atoms with Crippen LogP contribution in [0.4, 0.5) is 10.1 Å². The maximum atomic E-state index is 14.6. The molecule has 49 heavy (non-hydrogen) atoms. The lowest BCUT2D eigenvalue weighted by molar-refractivity contribution is -0.140. The lowest BCUT2D eigenvalue weighted by Crippen LogP contribution is -2.54. The zero-order valence-electron chi connectivity index (χ0n) is 27.5. The van der Waals surface area contributed by atoms with Crippen molar-refractivity contribution >= 4 is 50.7 Å². The maximum Gasteiger partial charge on any atom is 0.264 e. The highest BCUT2D eigenvalue weighted by atomic mass is 35.5. The molecule has 4 aromatic carbocycles. The van der Waals surface area contributed by atoms with Crippen molar-refractivity contribution < 1.29 is 31.9 Å². The Bertz CT molecular complexity index is 1860. The molecular formula is C36H38Cl2FN3O6S. The Morgan fingerprint density at radius 2 is 1.57 bits per heavy atom. The van der Waals surface area contributed by atoms with E-state index < -0.39 is 40.2 Å². The van der Waals surface area contributed by atoms with E-state index in [-0.39, 0.29) is 40.4 Å². The molecule has 0 bridgehead atoms. The number of nitrogens with zero attached hydrogens (tertiary/aromatic N) is 2. The summed E-state index contributed by atoms with van der Waals surface area (Å²) in [6, 6.07) is 21.4. The van der Waals surface area contributed by atoms with Crippen molar-refractivity contribution in [2.45, 2.75) is 50.2 Å². The second kappa shape index (κ2) is 16.9. The van der Waals surface area contributed by atoms with Crippen molar-refractivity contribution in [1.29, 1.82) is 0 Å². The fraction of sp³-hybridized carbons (Fsp3) is 0.278. The largest absolute Gasteiger partial charge is 0.493 e. The molecule has 4 rings (SSSR count). The second-order valence-corrected chi connectivity index (χ2v) is 14.0. The summed E-state index contributed by atoms with van der Waals surface area (Å²) >= 11 is 12.7. The number of carbonyl (C=O) groups is 2. The van der Waals surface area contributed by atoms with Gasteiger partial charge in [-0.1, -0.05) is 66.5 Å². The third-order valence-electron chi connectivity index (χ3n) is 7.96. The van der Waals surface area contributed by atoms with Gasteiger partial charge in [-0.15, -0.1) is 0 Å². The molecule has 0 aliphatic heterocycles. The number of methoxy groups -OCH3 is 2. The molecule has 0 saturated carbocycles. The first-order chi connectivity index (χ1) is 23.4. The van der Waals surface area contributed by atoms with E-state index in [2.05, 4.69) is 5.32 Å². The van der Waals surface area contributed by atoms with Gasteiger partial charge in [0, 0.05) is 35.1 Å².